The third-order valence-corrected chi connectivity index (χ3v) is 3.58. The zero-order chi connectivity index (χ0) is 14.4. The average Bonchev–Trinajstić information content (AvgIpc) is 2.47. The Morgan fingerprint density at radius 3 is 2.80 bits per heavy atom. The lowest BCUT2D eigenvalue weighted by molar-refractivity contribution is -0.0951. The van der Waals surface area contributed by atoms with Gasteiger partial charge in [-0.1, -0.05) is 30.3 Å². The van der Waals surface area contributed by atoms with Crippen LogP contribution >= 0.6 is 0 Å². The molecule has 2 unspecified atom stereocenters. The molecule has 1 aliphatic rings. The minimum absolute atomic E-state index is 0.0593. The van der Waals surface area contributed by atoms with Crippen molar-refractivity contribution in [3.8, 4) is 0 Å². The van der Waals surface area contributed by atoms with Gasteiger partial charge in [-0.15, -0.1) is 0 Å². The van der Waals surface area contributed by atoms with Crippen molar-refractivity contribution in [3.63, 3.8) is 0 Å². The molecule has 0 radical (unpaired) electrons. The lowest BCUT2D eigenvalue weighted by atomic mass is 10.1. The molecule has 1 aliphatic heterocycles. The monoisotopic (exact) mass is 277 g/mol. The molecular formula is C16H23NO3. The molecule has 0 bridgehead atoms. The number of ketones is 1. The predicted molar refractivity (Wildman–Crippen MR) is 77.9 cm³/mol. The Hall–Kier alpha value is -1.23. The molecule has 2 rings (SSSR count). The Labute approximate surface area is 120 Å². The van der Waals surface area contributed by atoms with Crippen molar-refractivity contribution in [2.75, 3.05) is 26.2 Å². The van der Waals surface area contributed by atoms with Crippen LogP contribution in [0.5, 0.6) is 0 Å². The summed E-state index contributed by atoms with van der Waals surface area (Å²) in [5.74, 6) is 0.200. The van der Waals surface area contributed by atoms with Crippen LogP contribution in [0.3, 0.4) is 0 Å². The number of hydrogen-bond donors (Lipinski definition) is 1. The van der Waals surface area contributed by atoms with Crippen molar-refractivity contribution in [1.29, 1.82) is 0 Å². The van der Waals surface area contributed by atoms with E-state index in [2.05, 4.69) is 4.90 Å². The Bertz CT molecular complexity index is 421. The first kappa shape index (κ1) is 15.2. The largest absolute Gasteiger partial charge is 0.394 e. The molecule has 4 heteroatoms. The first-order valence-corrected chi connectivity index (χ1v) is 7.26. The first-order chi connectivity index (χ1) is 9.69. The summed E-state index contributed by atoms with van der Waals surface area (Å²) in [6, 6.07) is 9.42. The second-order valence-corrected chi connectivity index (χ2v) is 5.40. The lowest BCUT2D eigenvalue weighted by Crippen LogP contribution is -2.48. The summed E-state index contributed by atoms with van der Waals surface area (Å²) in [7, 11) is 0. The number of nitrogens with zero attached hydrogens (tertiary/aromatic N) is 1. The smallest absolute Gasteiger partial charge is 0.162 e. The topological polar surface area (TPSA) is 49.8 Å². The van der Waals surface area contributed by atoms with Crippen LogP contribution in [0.2, 0.25) is 0 Å². The van der Waals surface area contributed by atoms with Crippen molar-refractivity contribution in [2.45, 2.75) is 32.0 Å². The number of aliphatic hydroxyl groups is 1. The number of ether oxygens (including phenoxy) is 1. The molecule has 2 atom stereocenters. The van der Waals surface area contributed by atoms with Crippen LogP contribution in [0, 0.1) is 0 Å². The van der Waals surface area contributed by atoms with E-state index in [4.69, 9.17) is 4.74 Å². The fraction of sp³-hybridized carbons (Fsp3) is 0.562. The zero-order valence-corrected chi connectivity index (χ0v) is 12.0. The zero-order valence-electron chi connectivity index (χ0n) is 12.0. The van der Waals surface area contributed by atoms with E-state index in [1.807, 2.05) is 37.3 Å². The fourth-order valence-electron chi connectivity index (χ4n) is 2.66. The van der Waals surface area contributed by atoms with Gasteiger partial charge in [0.15, 0.2) is 5.78 Å². The number of benzene rings is 1. The standard InChI is InChI=1S/C16H23NO3/c1-13-10-17(11-15(12-18)20-13)9-5-8-16(19)14-6-3-2-4-7-14/h2-4,6-7,13,15,18H,5,8-12H2,1H3. The Balaban J connectivity index is 1.74. The van der Waals surface area contributed by atoms with Gasteiger partial charge in [0, 0.05) is 25.1 Å². The van der Waals surface area contributed by atoms with Crippen LogP contribution < -0.4 is 0 Å². The van der Waals surface area contributed by atoms with Crippen LogP contribution in [0.4, 0.5) is 0 Å². The van der Waals surface area contributed by atoms with Gasteiger partial charge in [-0.25, -0.2) is 0 Å². The van der Waals surface area contributed by atoms with Gasteiger partial charge in [0.1, 0.15) is 0 Å². The van der Waals surface area contributed by atoms with Gasteiger partial charge in [-0.3, -0.25) is 9.69 Å². The van der Waals surface area contributed by atoms with Crippen molar-refractivity contribution >= 4 is 5.78 Å². The van der Waals surface area contributed by atoms with Crippen LogP contribution in [-0.4, -0.2) is 54.2 Å². The van der Waals surface area contributed by atoms with Crippen LogP contribution in [0.1, 0.15) is 30.1 Å². The van der Waals surface area contributed by atoms with Crippen LogP contribution in [-0.2, 0) is 4.74 Å². The van der Waals surface area contributed by atoms with Gasteiger partial charge >= 0.3 is 0 Å². The molecule has 20 heavy (non-hydrogen) atoms. The summed E-state index contributed by atoms with van der Waals surface area (Å²) in [6.45, 7) is 4.58. The quantitative estimate of drug-likeness (QED) is 0.805. The van der Waals surface area contributed by atoms with Gasteiger partial charge in [-0.05, 0) is 19.9 Å². The van der Waals surface area contributed by atoms with E-state index >= 15 is 0 Å². The maximum Gasteiger partial charge on any atom is 0.162 e. The SMILES string of the molecule is CC1CN(CCCC(=O)c2ccccc2)CC(CO)O1. The summed E-state index contributed by atoms with van der Waals surface area (Å²) >= 11 is 0. The van der Waals surface area contributed by atoms with Crippen molar-refractivity contribution in [3.05, 3.63) is 35.9 Å². The first-order valence-electron chi connectivity index (χ1n) is 7.26. The highest BCUT2D eigenvalue weighted by Gasteiger charge is 2.24. The van der Waals surface area contributed by atoms with Gasteiger partial charge in [0.05, 0.1) is 18.8 Å². The van der Waals surface area contributed by atoms with E-state index in [1.165, 1.54) is 0 Å². The van der Waals surface area contributed by atoms with Crippen molar-refractivity contribution < 1.29 is 14.6 Å². The molecule has 1 fully saturated rings. The lowest BCUT2D eigenvalue weighted by Gasteiger charge is -2.36. The molecule has 0 saturated carbocycles. The molecule has 1 aromatic rings. The Kier molecular flexibility index (Phi) is 5.71. The molecule has 0 aliphatic carbocycles. The van der Waals surface area contributed by atoms with Crippen molar-refractivity contribution in [2.24, 2.45) is 0 Å². The summed E-state index contributed by atoms with van der Waals surface area (Å²) in [5.41, 5.74) is 0.788. The van der Waals surface area contributed by atoms with E-state index in [1.54, 1.807) is 0 Å². The van der Waals surface area contributed by atoms with E-state index < -0.39 is 0 Å². The number of carbonyl (C=O) groups is 1. The van der Waals surface area contributed by atoms with Crippen molar-refractivity contribution in [1.82, 2.24) is 4.90 Å². The van der Waals surface area contributed by atoms with Crippen LogP contribution in [0.15, 0.2) is 30.3 Å². The number of morpholine rings is 1. The van der Waals surface area contributed by atoms with E-state index in [0.717, 1.165) is 31.6 Å². The second-order valence-electron chi connectivity index (χ2n) is 5.40. The molecule has 4 nitrogen and oxygen atoms in total. The molecule has 1 heterocycles. The number of aliphatic hydroxyl groups excluding tert-OH is 1. The highest BCUT2D eigenvalue weighted by atomic mass is 16.5. The molecule has 1 aromatic carbocycles. The summed E-state index contributed by atoms with van der Waals surface area (Å²) in [4.78, 5) is 14.3. The van der Waals surface area contributed by atoms with E-state index in [0.29, 0.717) is 6.42 Å². The average molecular weight is 277 g/mol. The van der Waals surface area contributed by atoms with Gasteiger partial charge in [0.25, 0.3) is 0 Å². The maximum atomic E-state index is 12.0. The molecular weight excluding hydrogens is 254 g/mol. The van der Waals surface area contributed by atoms with Gasteiger partial charge in [0.2, 0.25) is 0 Å². The summed E-state index contributed by atoms with van der Waals surface area (Å²) < 4.78 is 5.60. The third kappa shape index (κ3) is 4.40. The van der Waals surface area contributed by atoms with Crippen LogP contribution in [0.25, 0.3) is 0 Å². The Morgan fingerprint density at radius 2 is 2.10 bits per heavy atom. The number of rotatable bonds is 6. The highest BCUT2D eigenvalue weighted by Crippen LogP contribution is 2.12. The summed E-state index contributed by atoms with van der Waals surface area (Å²) in [6.07, 6.45) is 1.47. The predicted octanol–water partition coefficient (Wildman–Crippen LogP) is 1.73. The molecule has 1 N–H and O–H groups in total. The van der Waals surface area contributed by atoms with E-state index in [-0.39, 0.29) is 24.6 Å². The Morgan fingerprint density at radius 1 is 1.35 bits per heavy atom. The molecule has 0 amide bonds. The molecule has 110 valence electrons. The fourth-order valence-corrected chi connectivity index (χ4v) is 2.66. The minimum Gasteiger partial charge on any atom is -0.394 e. The number of Topliss-reactive ketones (excluding diaryl/α,β-unsaturated/α-hetero) is 1. The molecule has 0 aromatic heterocycles. The van der Waals surface area contributed by atoms with Gasteiger partial charge in [-0.2, -0.15) is 0 Å². The summed E-state index contributed by atoms with van der Waals surface area (Å²) in [5, 5.41) is 9.18. The maximum absolute atomic E-state index is 12.0. The van der Waals surface area contributed by atoms with E-state index in [9.17, 15) is 9.90 Å². The normalized spacial score (nSPS) is 23.7. The van der Waals surface area contributed by atoms with Gasteiger partial charge < -0.3 is 9.84 Å². The molecule has 1 saturated heterocycles. The number of hydrogen-bond acceptors (Lipinski definition) is 4. The number of carbonyl (C=O) groups excluding carboxylic acids is 1. The second kappa shape index (κ2) is 7.53. The third-order valence-electron chi connectivity index (χ3n) is 3.58. The highest BCUT2D eigenvalue weighted by molar-refractivity contribution is 5.95. The minimum atomic E-state index is -0.0939. The molecule has 0 spiro atoms.